The molecule has 0 aliphatic rings. The molecule has 0 aliphatic carbocycles. The maximum absolute atomic E-state index is 11.9. The van der Waals surface area contributed by atoms with Crippen LogP contribution in [0.5, 0.6) is 5.75 Å². The van der Waals surface area contributed by atoms with Crippen molar-refractivity contribution < 1.29 is 14.3 Å². The van der Waals surface area contributed by atoms with Crippen LogP contribution in [0.3, 0.4) is 0 Å². The molecule has 2 amide bonds. The molecule has 0 radical (unpaired) electrons. The standard InChI is InChI=1S/C16H24N2O3/c1-11(2)10-21-13-8-6-12(7-9-13)14(19)17-18-15(20)16(3,4)5/h6-9,11H,10H2,1-5H3,(H,17,19)(H,18,20). The van der Waals surface area contributed by atoms with Crippen LogP contribution in [0.25, 0.3) is 0 Å². The lowest BCUT2D eigenvalue weighted by atomic mass is 9.96. The lowest BCUT2D eigenvalue weighted by Gasteiger charge is -2.17. The van der Waals surface area contributed by atoms with Crippen LogP contribution >= 0.6 is 0 Å². The molecule has 0 aromatic heterocycles. The van der Waals surface area contributed by atoms with Gasteiger partial charge in [0.05, 0.1) is 6.61 Å². The van der Waals surface area contributed by atoms with E-state index < -0.39 is 5.41 Å². The minimum Gasteiger partial charge on any atom is -0.493 e. The molecular weight excluding hydrogens is 268 g/mol. The van der Waals surface area contributed by atoms with Gasteiger partial charge in [0.1, 0.15) is 5.75 Å². The number of benzene rings is 1. The van der Waals surface area contributed by atoms with Crippen LogP contribution in [-0.4, -0.2) is 18.4 Å². The van der Waals surface area contributed by atoms with E-state index in [1.165, 1.54) is 0 Å². The number of ether oxygens (including phenoxy) is 1. The van der Waals surface area contributed by atoms with Crippen molar-refractivity contribution in [2.45, 2.75) is 34.6 Å². The normalized spacial score (nSPS) is 11.1. The molecule has 0 heterocycles. The van der Waals surface area contributed by atoms with E-state index in [1.54, 1.807) is 45.0 Å². The van der Waals surface area contributed by atoms with E-state index >= 15 is 0 Å². The molecule has 0 unspecified atom stereocenters. The van der Waals surface area contributed by atoms with Crippen molar-refractivity contribution in [1.82, 2.24) is 10.9 Å². The van der Waals surface area contributed by atoms with E-state index in [9.17, 15) is 9.59 Å². The van der Waals surface area contributed by atoms with E-state index in [2.05, 4.69) is 24.7 Å². The Morgan fingerprint density at radius 1 is 1.10 bits per heavy atom. The van der Waals surface area contributed by atoms with Gasteiger partial charge in [-0.05, 0) is 30.2 Å². The van der Waals surface area contributed by atoms with Crippen molar-refractivity contribution in [2.24, 2.45) is 11.3 Å². The van der Waals surface area contributed by atoms with Gasteiger partial charge in [-0.25, -0.2) is 0 Å². The molecule has 0 spiro atoms. The van der Waals surface area contributed by atoms with Gasteiger partial charge < -0.3 is 4.74 Å². The van der Waals surface area contributed by atoms with Crippen LogP contribution in [0.4, 0.5) is 0 Å². The lowest BCUT2D eigenvalue weighted by molar-refractivity contribution is -0.129. The molecular formula is C16H24N2O3. The molecule has 1 rings (SSSR count). The summed E-state index contributed by atoms with van der Waals surface area (Å²) in [6.45, 7) is 10.1. The Bertz CT molecular complexity index is 487. The van der Waals surface area contributed by atoms with Gasteiger partial charge in [-0.3, -0.25) is 20.4 Å². The van der Waals surface area contributed by atoms with E-state index in [0.717, 1.165) is 5.75 Å². The maximum atomic E-state index is 11.9. The number of nitrogens with one attached hydrogen (secondary N) is 2. The van der Waals surface area contributed by atoms with Crippen molar-refractivity contribution in [3.63, 3.8) is 0 Å². The molecule has 0 saturated heterocycles. The fourth-order valence-corrected chi connectivity index (χ4v) is 1.34. The van der Waals surface area contributed by atoms with E-state index in [1.807, 2.05) is 0 Å². The van der Waals surface area contributed by atoms with E-state index in [4.69, 9.17) is 4.74 Å². The fourth-order valence-electron chi connectivity index (χ4n) is 1.34. The number of hydrogen-bond donors (Lipinski definition) is 2. The number of rotatable bonds is 4. The summed E-state index contributed by atoms with van der Waals surface area (Å²) < 4.78 is 5.54. The summed E-state index contributed by atoms with van der Waals surface area (Å²) in [7, 11) is 0. The van der Waals surface area contributed by atoms with E-state index in [0.29, 0.717) is 18.1 Å². The average molecular weight is 292 g/mol. The van der Waals surface area contributed by atoms with Gasteiger partial charge in [0.25, 0.3) is 5.91 Å². The highest BCUT2D eigenvalue weighted by molar-refractivity contribution is 5.95. The summed E-state index contributed by atoms with van der Waals surface area (Å²) in [5, 5.41) is 0. The highest BCUT2D eigenvalue weighted by Gasteiger charge is 2.21. The fraction of sp³-hybridized carbons (Fsp3) is 0.500. The largest absolute Gasteiger partial charge is 0.493 e. The molecule has 0 aliphatic heterocycles. The van der Waals surface area contributed by atoms with Crippen molar-refractivity contribution in [1.29, 1.82) is 0 Å². The highest BCUT2D eigenvalue weighted by atomic mass is 16.5. The topological polar surface area (TPSA) is 67.4 Å². The number of hydrogen-bond acceptors (Lipinski definition) is 3. The summed E-state index contributed by atoms with van der Waals surface area (Å²) in [5.74, 6) is 0.565. The zero-order chi connectivity index (χ0) is 16.0. The van der Waals surface area contributed by atoms with Crippen LogP contribution in [0.15, 0.2) is 24.3 Å². The Kier molecular flexibility index (Phi) is 5.76. The minimum absolute atomic E-state index is 0.243. The minimum atomic E-state index is -0.554. The number of amides is 2. The van der Waals surface area contributed by atoms with Gasteiger partial charge in [0.2, 0.25) is 5.91 Å². The second-order valence-corrected chi connectivity index (χ2v) is 6.39. The first-order valence-electron chi connectivity index (χ1n) is 7.04. The quantitative estimate of drug-likeness (QED) is 0.838. The van der Waals surface area contributed by atoms with Gasteiger partial charge in [-0.1, -0.05) is 34.6 Å². The summed E-state index contributed by atoms with van der Waals surface area (Å²) in [4.78, 5) is 23.5. The third-order valence-corrected chi connectivity index (χ3v) is 2.67. The molecule has 116 valence electrons. The van der Waals surface area contributed by atoms with Crippen molar-refractivity contribution in [3.05, 3.63) is 29.8 Å². The molecule has 0 bridgehead atoms. The second-order valence-electron chi connectivity index (χ2n) is 6.39. The summed E-state index contributed by atoms with van der Waals surface area (Å²) in [5.41, 5.74) is 4.71. The highest BCUT2D eigenvalue weighted by Crippen LogP contribution is 2.14. The Labute approximate surface area is 126 Å². The molecule has 5 nitrogen and oxygen atoms in total. The monoisotopic (exact) mass is 292 g/mol. The molecule has 0 atom stereocenters. The van der Waals surface area contributed by atoms with Gasteiger partial charge in [-0.2, -0.15) is 0 Å². The Balaban J connectivity index is 2.54. The predicted octanol–water partition coefficient (Wildman–Crippen LogP) is 2.53. The van der Waals surface area contributed by atoms with Crippen molar-refractivity contribution >= 4 is 11.8 Å². The Hall–Kier alpha value is -2.04. The number of hydrazine groups is 1. The maximum Gasteiger partial charge on any atom is 0.269 e. The first-order valence-corrected chi connectivity index (χ1v) is 7.04. The molecule has 2 N–H and O–H groups in total. The summed E-state index contributed by atoms with van der Waals surface area (Å²) >= 11 is 0. The van der Waals surface area contributed by atoms with Crippen LogP contribution in [0.1, 0.15) is 45.0 Å². The molecule has 1 aromatic carbocycles. The number of carbonyl (C=O) groups excluding carboxylic acids is 2. The van der Waals surface area contributed by atoms with Gasteiger partial charge in [0.15, 0.2) is 0 Å². The first kappa shape index (κ1) is 17.0. The second kappa shape index (κ2) is 7.11. The third-order valence-electron chi connectivity index (χ3n) is 2.67. The van der Waals surface area contributed by atoms with Crippen molar-refractivity contribution in [3.8, 4) is 5.75 Å². The van der Waals surface area contributed by atoms with Crippen LogP contribution < -0.4 is 15.6 Å². The molecule has 0 fully saturated rings. The Morgan fingerprint density at radius 2 is 1.67 bits per heavy atom. The zero-order valence-electron chi connectivity index (χ0n) is 13.3. The zero-order valence-corrected chi connectivity index (χ0v) is 13.3. The molecule has 1 aromatic rings. The van der Waals surface area contributed by atoms with Crippen LogP contribution in [0.2, 0.25) is 0 Å². The summed E-state index contributed by atoms with van der Waals surface area (Å²) in [6.07, 6.45) is 0. The number of carbonyl (C=O) groups is 2. The molecule has 0 saturated carbocycles. The van der Waals surface area contributed by atoms with Gasteiger partial charge in [-0.15, -0.1) is 0 Å². The molecule has 5 heteroatoms. The van der Waals surface area contributed by atoms with Gasteiger partial charge in [0, 0.05) is 11.0 Å². The average Bonchev–Trinajstić information content (AvgIpc) is 2.41. The lowest BCUT2D eigenvalue weighted by Crippen LogP contribution is -2.46. The first-order chi connectivity index (χ1) is 9.70. The molecule has 21 heavy (non-hydrogen) atoms. The van der Waals surface area contributed by atoms with E-state index in [-0.39, 0.29) is 11.8 Å². The third kappa shape index (κ3) is 5.85. The van der Waals surface area contributed by atoms with Crippen LogP contribution in [0, 0.1) is 11.3 Å². The van der Waals surface area contributed by atoms with Gasteiger partial charge >= 0.3 is 0 Å². The Morgan fingerprint density at radius 3 is 2.14 bits per heavy atom. The van der Waals surface area contributed by atoms with Crippen LogP contribution in [-0.2, 0) is 4.79 Å². The predicted molar refractivity (Wildman–Crippen MR) is 81.8 cm³/mol. The smallest absolute Gasteiger partial charge is 0.269 e. The van der Waals surface area contributed by atoms with Crippen molar-refractivity contribution in [2.75, 3.05) is 6.61 Å². The summed E-state index contributed by atoms with van der Waals surface area (Å²) in [6, 6.07) is 6.80. The SMILES string of the molecule is CC(C)COc1ccc(C(=O)NNC(=O)C(C)(C)C)cc1.